The average Bonchev–Trinajstić information content (AvgIpc) is 3.37. The zero-order chi connectivity index (χ0) is 18.1. The molecule has 2 atom stereocenters. The summed E-state index contributed by atoms with van der Waals surface area (Å²) in [5.74, 6) is -0.0273. The molecule has 3 heterocycles. The van der Waals surface area contributed by atoms with E-state index in [1.165, 1.54) is 6.33 Å². The van der Waals surface area contributed by atoms with Crippen LogP contribution in [0.1, 0.15) is 17.0 Å². The fourth-order valence-corrected chi connectivity index (χ4v) is 3.38. The quantitative estimate of drug-likeness (QED) is 0.715. The molecule has 0 unspecified atom stereocenters. The summed E-state index contributed by atoms with van der Waals surface area (Å²) in [5, 5.41) is 21.8. The van der Waals surface area contributed by atoms with Crippen molar-refractivity contribution < 1.29 is 4.79 Å². The Bertz CT molecular complexity index is 917. The summed E-state index contributed by atoms with van der Waals surface area (Å²) in [4.78, 5) is 12.9. The Hall–Kier alpha value is -3.07. The smallest absolute Gasteiger partial charge is 0.229 e. The van der Waals surface area contributed by atoms with E-state index in [4.69, 9.17) is 0 Å². The molecule has 1 amide bonds. The molecule has 3 aromatic rings. The van der Waals surface area contributed by atoms with Crippen molar-refractivity contribution in [1.29, 1.82) is 0 Å². The number of amides is 1. The van der Waals surface area contributed by atoms with E-state index in [2.05, 4.69) is 31.3 Å². The maximum Gasteiger partial charge on any atom is 0.229 e. The molecule has 0 bridgehead atoms. The van der Waals surface area contributed by atoms with Crippen LogP contribution in [0.2, 0.25) is 0 Å². The molecule has 0 radical (unpaired) electrons. The fourth-order valence-electron chi connectivity index (χ4n) is 3.38. The lowest BCUT2D eigenvalue weighted by Crippen LogP contribution is -2.28. The molecule has 9 heteroatoms. The number of carbonyl (C=O) groups excluding carboxylic acids is 1. The van der Waals surface area contributed by atoms with Crippen LogP contribution in [-0.2, 0) is 11.8 Å². The van der Waals surface area contributed by atoms with Crippen LogP contribution in [0.25, 0.3) is 5.69 Å². The van der Waals surface area contributed by atoms with Crippen LogP contribution >= 0.6 is 0 Å². The minimum Gasteiger partial charge on any atom is -0.326 e. The molecule has 134 valence electrons. The molecule has 1 saturated heterocycles. The molecule has 9 nitrogen and oxygen atoms in total. The van der Waals surface area contributed by atoms with Gasteiger partial charge in [-0.15, -0.1) is 5.10 Å². The van der Waals surface area contributed by atoms with E-state index < -0.39 is 0 Å². The average molecular weight is 352 g/mol. The van der Waals surface area contributed by atoms with Gasteiger partial charge in [-0.25, -0.2) is 4.68 Å². The van der Waals surface area contributed by atoms with Crippen LogP contribution in [0.4, 0.5) is 5.69 Å². The van der Waals surface area contributed by atoms with Crippen molar-refractivity contribution >= 4 is 11.6 Å². The molecular formula is C17H20N8O. The van der Waals surface area contributed by atoms with E-state index in [9.17, 15) is 4.79 Å². The molecule has 1 aliphatic rings. The molecule has 0 spiro atoms. The molecule has 0 saturated carbocycles. The number of aryl methyl sites for hydroxylation is 2. The predicted molar refractivity (Wildman–Crippen MR) is 94.8 cm³/mol. The lowest BCUT2D eigenvalue weighted by molar-refractivity contribution is -0.119. The Balaban J connectivity index is 1.54. The maximum absolute atomic E-state index is 12.9. The number of hydrogen-bond donors (Lipinski definition) is 2. The summed E-state index contributed by atoms with van der Waals surface area (Å²) in [6, 6.07) is 5.71. The number of nitrogens with zero attached hydrogens (tertiary/aromatic N) is 6. The predicted octanol–water partition coefficient (Wildman–Crippen LogP) is 0.646. The third-order valence-electron chi connectivity index (χ3n) is 4.78. The van der Waals surface area contributed by atoms with Crippen molar-refractivity contribution in [2.24, 2.45) is 13.0 Å². The van der Waals surface area contributed by atoms with E-state index in [1.54, 1.807) is 9.36 Å². The standard InChI is InChI=1S/C17H20N8O/c1-11-3-4-13(5-16(11)25-10-19-22-23-25)21-17(26)15-8-18-7-14(15)12-6-20-24(2)9-12/h3-6,9-10,14-15,18H,7-8H2,1-2H3,(H,21,26)/t14-,15+/m1/s1. The van der Waals surface area contributed by atoms with Gasteiger partial charge < -0.3 is 10.6 Å². The summed E-state index contributed by atoms with van der Waals surface area (Å²) >= 11 is 0. The molecule has 26 heavy (non-hydrogen) atoms. The largest absolute Gasteiger partial charge is 0.326 e. The van der Waals surface area contributed by atoms with Gasteiger partial charge in [0.05, 0.1) is 17.8 Å². The Morgan fingerprint density at radius 3 is 2.96 bits per heavy atom. The Morgan fingerprint density at radius 1 is 1.35 bits per heavy atom. The first kappa shape index (κ1) is 16.4. The second kappa shape index (κ2) is 6.68. The van der Waals surface area contributed by atoms with Gasteiger partial charge >= 0.3 is 0 Å². The van der Waals surface area contributed by atoms with Crippen LogP contribution < -0.4 is 10.6 Å². The fraction of sp³-hybridized carbons (Fsp3) is 0.353. The van der Waals surface area contributed by atoms with Gasteiger partial charge in [0.2, 0.25) is 5.91 Å². The lowest BCUT2D eigenvalue weighted by atomic mass is 9.90. The second-order valence-corrected chi connectivity index (χ2v) is 6.56. The molecule has 1 fully saturated rings. The van der Waals surface area contributed by atoms with Gasteiger partial charge in [-0.3, -0.25) is 9.48 Å². The first-order valence-corrected chi connectivity index (χ1v) is 8.46. The van der Waals surface area contributed by atoms with Gasteiger partial charge in [-0.05, 0) is 40.6 Å². The first-order chi connectivity index (χ1) is 12.6. The van der Waals surface area contributed by atoms with Crippen LogP contribution in [0.3, 0.4) is 0 Å². The summed E-state index contributed by atoms with van der Waals surface area (Å²) in [5.41, 5.74) is 3.66. The molecule has 1 aliphatic heterocycles. The van der Waals surface area contributed by atoms with Gasteiger partial charge in [-0.2, -0.15) is 5.10 Å². The van der Waals surface area contributed by atoms with Crippen molar-refractivity contribution in [3.8, 4) is 5.69 Å². The van der Waals surface area contributed by atoms with Crippen LogP contribution in [0.15, 0.2) is 36.9 Å². The molecule has 2 N–H and O–H groups in total. The summed E-state index contributed by atoms with van der Waals surface area (Å²) < 4.78 is 3.35. The normalized spacial score (nSPS) is 19.6. The highest BCUT2D eigenvalue weighted by Gasteiger charge is 2.34. The van der Waals surface area contributed by atoms with E-state index in [0.717, 1.165) is 29.0 Å². The number of anilines is 1. The number of aromatic nitrogens is 6. The van der Waals surface area contributed by atoms with Gasteiger partial charge in [0, 0.05) is 37.9 Å². The van der Waals surface area contributed by atoms with Gasteiger partial charge in [0.15, 0.2) is 0 Å². The molecule has 1 aromatic carbocycles. The number of tetrazole rings is 1. The number of rotatable bonds is 4. The molecule has 4 rings (SSSR count). The maximum atomic E-state index is 12.9. The summed E-state index contributed by atoms with van der Waals surface area (Å²) in [6.07, 6.45) is 5.34. The van der Waals surface area contributed by atoms with Crippen molar-refractivity contribution in [2.45, 2.75) is 12.8 Å². The van der Waals surface area contributed by atoms with E-state index in [1.807, 2.05) is 44.6 Å². The van der Waals surface area contributed by atoms with Crippen molar-refractivity contribution in [1.82, 2.24) is 35.3 Å². The Labute approximate surface area is 150 Å². The summed E-state index contributed by atoms with van der Waals surface area (Å²) in [6.45, 7) is 3.40. The zero-order valence-corrected chi connectivity index (χ0v) is 14.6. The number of hydrogen-bond acceptors (Lipinski definition) is 6. The SMILES string of the molecule is Cc1ccc(NC(=O)[C@H]2CNC[C@@H]2c2cnn(C)c2)cc1-n1cnnn1. The Kier molecular flexibility index (Phi) is 4.21. The van der Waals surface area contributed by atoms with Crippen molar-refractivity contribution in [2.75, 3.05) is 18.4 Å². The minimum atomic E-state index is -0.142. The van der Waals surface area contributed by atoms with E-state index in [-0.39, 0.29) is 17.7 Å². The highest BCUT2D eigenvalue weighted by molar-refractivity contribution is 5.94. The topological polar surface area (TPSA) is 103 Å². The lowest BCUT2D eigenvalue weighted by Gasteiger charge is -2.17. The molecule has 0 aliphatic carbocycles. The third-order valence-corrected chi connectivity index (χ3v) is 4.78. The number of carbonyl (C=O) groups is 1. The number of benzene rings is 1. The summed E-state index contributed by atoms with van der Waals surface area (Å²) in [7, 11) is 1.88. The van der Waals surface area contributed by atoms with E-state index in [0.29, 0.717) is 6.54 Å². The van der Waals surface area contributed by atoms with Gasteiger partial charge in [-0.1, -0.05) is 6.07 Å². The molecule has 2 aromatic heterocycles. The van der Waals surface area contributed by atoms with Crippen LogP contribution in [-0.4, -0.2) is 49.0 Å². The number of nitrogens with one attached hydrogen (secondary N) is 2. The zero-order valence-electron chi connectivity index (χ0n) is 14.6. The first-order valence-electron chi connectivity index (χ1n) is 8.46. The van der Waals surface area contributed by atoms with Crippen molar-refractivity contribution in [3.05, 3.63) is 48.0 Å². The third kappa shape index (κ3) is 3.08. The molecular weight excluding hydrogens is 332 g/mol. The highest BCUT2D eigenvalue weighted by Crippen LogP contribution is 2.29. The van der Waals surface area contributed by atoms with Crippen LogP contribution in [0, 0.1) is 12.8 Å². The van der Waals surface area contributed by atoms with Gasteiger partial charge in [0.25, 0.3) is 0 Å². The monoisotopic (exact) mass is 352 g/mol. The van der Waals surface area contributed by atoms with Crippen LogP contribution in [0.5, 0.6) is 0 Å². The minimum absolute atomic E-state index is 0.00429. The highest BCUT2D eigenvalue weighted by atomic mass is 16.2. The van der Waals surface area contributed by atoms with Crippen molar-refractivity contribution in [3.63, 3.8) is 0 Å². The van der Waals surface area contributed by atoms with Gasteiger partial charge in [0.1, 0.15) is 6.33 Å². The van der Waals surface area contributed by atoms with E-state index >= 15 is 0 Å². The second-order valence-electron chi connectivity index (χ2n) is 6.56. The Morgan fingerprint density at radius 2 is 2.23 bits per heavy atom.